The standard InChI is InChI=1S/C22H29N7O/c1-23-22(24-12-11-21-27-26-20-10-3-4-14-29(20)21)25-17-7-6-13-28(16-17)18-8-5-9-19(15-18)30-2/h3-5,8-10,14-15,17H,6-7,11-13,16H2,1-2H3,(H2,23,24,25). The first-order valence-corrected chi connectivity index (χ1v) is 10.4. The fourth-order valence-electron chi connectivity index (χ4n) is 3.88. The largest absolute Gasteiger partial charge is 0.497 e. The molecule has 0 radical (unpaired) electrons. The van der Waals surface area contributed by atoms with Gasteiger partial charge in [0.15, 0.2) is 11.6 Å². The van der Waals surface area contributed by atoms with Crippen molar-refractivity contribution in [3.63, 3.8) is 0 Å². The number of piperidine rings is 1. The summed E-state index contributed by atoms with van der Waals surface area (Å²) in [6, 6.07) is 14.5. The number of pyridine rings is 1. The van der Waals surface area contributed by atoms with Gasteiger partial charge >= 0.3 is 0 Å². The molecule has 0 aliphatic carbocycles. The van der Waals surface area contributed by atoms with E-state index in [1.807, 2.05) is 48.0 Å². The maximum atomic E-state index is 5.37. The molecule has 1 aliphatic heterocycles. The maximum Gasteiger partial charge on any atom is 0.191 e. The van der Waals surface area contributed by atoms with Crippen LogP contribution in [-0.4, -0.2) is 60.4 Å². The predicted octanol–water partition coefficient (Wildman–Crippen LogP) is 2.11. The predicted molar refractivity (Wildman–Crippen MR) is 119 cm³/mol. The number of rotatable bonds is 6. The van der Waals surface area contributed by atoms with Crippen LogP contribution in [0.2, 0.25) is 0 Å². The Morgan fingerprint density at radius 3 is 3.03 bits per heavy atom. The summed E-state index contributed by atoms with van der Waals surface area (Å²) >= 11 is 0. The third-order valence-electron chi connectivity index (χ3n) is 5.43. The minimum Gasteiger partial charge on any atom is -0.497 e. The molecule has 0 bridgehead atoms. The summed E-state index contributed by atoms with van der Waals surface area (Å²) < 4.78 is 7.39. The van der Waals surface area contributed by atoms with Gasteiger partial charge in [0, 0.05) is 57.1 Å². The molecule has 1 aliphatic rings. The lowest BCUT2D eigenvalue weighted by molar-refractivity contribution is 0.414. The molecule has 3 aromatic rings. The first-order chi connectivity index (χ1) is 14.8. The quantitative estimate of drug-likeness (QED) is 0.481. The second kappa shape index (κ2) is 9.47. The SMILES string of the molecule is CN=C(NCCc1nnc2ccccn12)NC1CCCN(c2cccc(OC)c2)C1. The number of benzene rings is 1. The minimum atomic E-state index is 0.338. The summed E-state index contributed by atoms with van der Waals surface area (Å²) in [4.78, 5) is 6.80. The first-order valence-electron chi connectivity index (χ1n) is 10.4. The highest BCUT2D eigenvalue weighted by atomic mass is 16.5. The molecule has 3 heterocycles. The zero-order valence-electron chi connectivity index (χ0n) is 17.6. The Kier molecular flexibility index (Phi) is 6.32. The van der Waals surface area contributed by atoms with E-state index in [9.17, 15) is 0 Å². The van der Waals surface area contributed by atoms with E-state index in [0.717, 1.165) is 62.1 Å². The van der Waals surface area contributed by atoms with Crippen LogP contribution in [0.3, 0.4) is 0 Å². The number of aliphatic imine (C=N–C) groups is 1. The fraction of sp³-hybridized carbons (Fsp3) is 0.409. The third kappa shape index (κ3) is 4.64. The van der Waals surface area contributed by atoms with Gasteiger partial charge in [0.05, 0.1) is 7.11 Å². The molecule has 1 unspecified atom stereocenters. The number of ether oxygens (including phenoxy) is 1. The first kappa shape index (κ1) is 20.0. The summed E-state index contributed by atoms with van der Waals surface area (Å²) in [5.41, 5.74) is 2.07. The van der Waals surface area contributed by atoms with Gasteiger partial charge in [-0.1, -0.05) is 12.1 Å². The average molecular weight is 408 g/mol. The molecule has 0 amide bonds. The Hall–Kier alpha value is -3.29. The fourth-order valence-corrected chi connectivity index (χ4v) is 3.88. The molecule has 1 aromatic carbocycles. The molecule has 1 fully saturated rings. The molecular weight excluding hydrogens is 378 g/mol. The summed E-state index contributed by atoms with van der Waals surface area (Å²) in [5.74, 6) is 2.65. The lowest BCUT2D eigenvalue weighted by atomic mass is 10.0. The lowest BCUT2D eigenvalue weighted by Crippen LogP contribution is -2.51. The van der Waals surface area contributed by atoms with Crippen LogP contribution in [0.25, 0.3) is 5.65 Å². The Morgan fingerprint density at radius 1 is 1.23 bits per heavy atom. The van der Waals surface area contributed by atoms with Crippen LogP contribution in [0.4, 0.5) is 5.69 Å². The molecule has 0 spiro atoms. The molecule has 2 aromatic heterocycles. The van der Waals surface area contributed by atoms with E-state index in [0.29, 0.717) is 6.04 Å². The van der Waals surface area contributed by atoms with Crippen LogP contribution in [0.5, 0.6) is 5.75 Å². The third-order valence-corrected chi connectivity index (χ3v) is 5.43. The van der Waals surface area contributed by atoms with Gasteiger partial charge < -0.3 is 20.3 Å². The Balaban J connectivity index is 1.31. The summed E-state index contributed by atoms with van der Waals surface area (Å²) in [6.07, 6.45) is 5.02. The number of nitrogens with zero attached hydrogens (tertiary/aromatic N) is 5. The van der Waals surface area contributed by atoms with Crippen LogP contribution in [0.15, 0.2) is 53.7 Å². The van der Waals surface area contributed by atoms with Crippen LogP contribution < -0.4 is 20.3 Å². The van der Waals surface area contributed by atoms with Gasteiger partial charge in [-0.3, -0.25) is 9.39 Å². The highest BCUT2D eigenvalue weighted by Crippen LogP contribution is 2.24. The highest BCUT2D eigenvalue weighted by molar-refractivity contribution is 5.80. The van der Waals surface area contributed by atoms with Gasteiger partial charge in [-0.05, 0) is 37.1 Å². The Bertz CT molecular complexity index is 1000. The van der Waals surface area contributed by atoms with E-state index in [1.165, 1.54) is 5.69 Å². The number of hydrogen-bond acceptors (Lipinski definition) is 5. The summed E-state index contributed by atoms with van der Waals surface area (Å²) in [6.45, 7) is 2.72. The van der Waals surface area contributed by atoms with E-state index < -0.39 is 0 Å². The van der Waals surface area contributed by atoms with Crippen molar-refractivity contribution in [3.8, 4) is 5.75 Å². The van der Waals surface area contributed by atoms with Crippen molar-refractivity contribution in [2.75, 3.05) is 38.7 Å². The van der Waals surface area contributed by atoms with Gasteiger partial charge in [0.1, 0.15) is 11.6 Å². The molecule has 1 saturated heterocycles. The molecule has 30 heavy (non-hydrogen) atoms. The molecular formula is C22H29N7O. The highest BCUT2D eigenvalue weighted by Gasteiger charge is 2.21. The van der Waals surface area contributed by atoms with Crippen molar-refractivity contribution < 1.29 is 4.74 Å². The van der Waals surface area contributed by atoms with Crippen molar-refractivity contribution in [3.05, 3.63) is 54.5 Å². The summed E-state index contributed by atoms with van der Waals surface area (Å²) in [7, 11) is 3.52. The van der Waals surface area contributed by atoms with Gasteiger partial charge in [0.2, 0.25) is 0 Å². The maximum absolute atomic E-state index is 5.37. The second-order valence-corrected chi connectivity index (χ2v) is 7.43. The zero-order chi connectivity index (χ0) is 20.8. The Morgan fingerprint density at radius 2 is 2.17 bits per heavy atom. The van der Waals surface area contributed by atoms with Crippen molar-refractivity contribution >= 4 is 17.3 Å². The van der Waals surface area contributed by atoms with Crippen molar-refractivity contribution in [1.82, 2.24) is 25.2 Å². The van der Waals surface area contributed by atoms with Gasteiger partial charge in [-0.2, -0.15) is 0 Å². The molecule has 4 rings (SSSR count). The smallest absolute Gasteiger partial charge is 0.191 e. The van der Waals surface area contributed by atoms with Crippen LogP contribution in [0.1, 0.15) is 18.7 Å². The van der Waals surface area contributed by atoms with Crippen LogP contribution >= 0.6 is 0 Å². The normalized spacial score (nSPS) is 17.2. The zero-order valence-corrected chi connectivity index (χ0v) is 17.6. The molecule has 1 atom stereocenters. The second-order valence-electron chi connectivity index (χ2n) is 7.43. The average Bonchev–Trinajstić information content (AvgIpc) is 3.22. The van der Waals surface area contributed by atoms with E-state index >= 15 is 0 Å². The minimum absolute atomic E-state index is 0.338. The topological polar surface area (TPSA) is 79.1 Å². The molecule has 8 heteroatoms. The van der Waals surface area contributed by atoms with Crippen molar-refractivity contribution in [2.45, 2.75) is 25.3 Å². The van der Waals surface area contributed by atoms with Gasteiger partial charge in [0.25, 0.3) is 0 Å². The number of nitrogens with one attached hydrogen (secondary N) is 2. The lowest BCUT2D eigenvalue weighted by Gasteiger charge is -2.35. The number of methoxy groups -OCH3 is 1. The monoisotopic (exact) mass is 407 g/mol. The van der Waals surface area contributed by atoms with Crippen molar-refractivity contribution in [2.24, 2.45) is 4.99 Å². The van der Waals surface area contributed by atoms with Gasteiger partial charge in [-0.15, -0.1) is 10.2 Å². The van der Waals surface area contributed by atoms with Crippen LogP contribution in [-0.2, 0) is 6.42 Å². The molecule has 158 valence electrons. The molecule has 0 saturated carbocycles. The number of aromatic nitrogens is 3. The number of anilines is 1. The molecule has 2 N–H and O–H groups in total. The molecule has 8 nitrogen and oxygen atoms in total. The summed E-state index contributed by atoms with van der Waals surface area (Å²) in [5, 5.41) is 15.5. The number of hydrogen-bond donors (Lipinski definition) is 2. The Labute approximate surface area is 177 Å². The van der Waals surface area contributed by atoms with E-state index in [-0.39, 0.29) is 0 Å². The van der Waals surface area contributed by atoms with E-state index in [1.54, 1.807) is 7.11 Å². The van der Waals surface area contributed by atoms with Gasteiger partial charge in [-0.25, -0.2) is 0 Å². The van der Waals surface area contributed by atoms with E-state index in [4.69, 9.17) is 4.74 Å². The van der Waals surface area contributed by atoms with E-state index in [2.05, 4.69) is 42.9 Å². The van der Waals surface area contributed by atoms with Crippen molar-refractivity contribution in [1.29, 1.82) is 0 Å². The van der Waals surface area contributed by atoms with Crippen LogP contribution in [0, 0.1) is 0 Å². The number of guanidine groups is 1. The number of fused-ring (bicyclic) bond motifs is 1.